The summed E-state index contributed by atoms with van der Waals surface area (Å²) in [6, 6.07) is 0. The van der Waals surface area contributed by atoms with Crippen LogP contribution >= 0.6 is 24.0 Å². The Morgan fingerprint density at radius 1 is 1.00 bits per heavy atom. The van der Waals surface area contributed by atoms with E-state index in [1.54, 1.807) is 0 Å². The summed E-state index contributed by atoms with van der Waals surface area (Å²) >= 11 is 0. The Kier molecular flexibility index (Phi) is 16.0. The van der Waals surface area contributed by atoms with Crippen molar-refractivity contribution < 1.29 is 9.47 Å². The minimum Gasteiger partial charge on any atom is -0.379 e. The van der Waals surface area contributed by atoms with Gasteiger partial charge in [0.2, 0.25) is 0 Å². The molecular formula is C21H41IN6O2. The summed E-state index contributed by atoms with van der Waals surface area (Å²) in [6.45, 7) is 10.4. The number of nitrogens with one attached hydrogen (secondary N) is 2. The molecule has 1 aromatic heterocycles. The van der Waals surface area contributed by atoms with Crippen molar-refractivity contribution in [3.8, 4) is 0 Å². The molecule has 0 spiro atoms. The highest BCUT2D eigenvalue weighted by atomic mass is 127. The first-order chi connectivity index (χ1) is 14.3. The molecule has 0 unspecified atom stereocenters. The summed E-state index contributed by atoms with van der Waals surface area (Å²) in [4.78, 5) is 4.67. The van der Waals surface area contributed by atoms with Crippen molar-refractivity contribution in [1.82, 2.24) is 25.4 Å². The third kappa shape index (κ3) is 10.9. The number of halogens is 1. The lowest BCUT2D eigenvalue weighted by Gasteiger charge is -2.12. The van der Waals surface area contributed by atoms with Crippen LogP contribution in [0.3, 0.4) is 0 Å². The Bertz CT molecular complexity index is 582. The molecule has 0 saturated heterocycles. The van der Waals surface area contributed by atoms with E-state index in [1.807, 2.05) is 0 Å². The maximum Gasteiger partial charge on any atom is 0.191 e. The van der Waals surface area contributed by atoms with Crippen LogP contribution in [-0.4, -0.2) is 66.8 Å². The van der Waals surface area contributed by atoms with Gasteiger partial charge in [-0.25, -0.2) is 0 Å². The smallest absolute Gasteiger partial charge is 0.191 e. The molecular weight excluding hydrogens is 495 g/mol. The van der Waals surface area contributed by atoms with Crippen molar-refractivity contribution in [2.24, 2.45) is 4.99 Å². The predicted octanol–water partition coefficient (Wildman–Crippen LogP) is 2.94. The third-order valence-electron chi connectivity index (χ3n) is 4.91. The van der Waals surface area contributed by atoms with Crippen LogP contribution in [-0.2, 0) is 28.9 Å². The number of unbranched alkanes of at least 4 members (excludes halogenated alkanes) is 1. The third-order valence-corrected chi connectivity index (χ3v) is 4.91. The second-order valence-electron chi connectivity index (χ2n) is 7.36. The first kappa shape index (κ1) is 27.1. The summed E-state index contributed by atoms with van der Waals surface area (Å²) in [6.07, 6.45) is 9.00. The number of guanidine groups is 1. The highest BCUT2D eigenvalue weighted by Gasteiger charge is 2.13. The van der Waals surface area contributed by atoms with E-state index in [-0.39, 0.29) is 24.0 Å². The molecule has 0 amide bonds. The largest absolute Gasteiger partial charge is 0.379 e. The summed E-state index contributed by atoms with van der Waals surface area (Å²) in [5.41, 5.74) is 0. The molecule has 174 valence electrons. The van der Waals surface area contributed by atoms with Gasteiger partial charge in [-0.15, -0.1) is 34.2 Å². The van der Waals surface area contributed by atoms with Crippen LogP contribution in [0.15, 0.2) is 4.99 Å². The number of fused-ring (bicyclic) bond motifs is 1. The molecule has 2 N–H and O–H groups in total. The number of aryl methyl sites for hydroxylation is 2. The van der Waals surface area contributed by atoms with E-state index in [9.17, 15) is 0 Å². The van der Waals surface area contributed by atoms with Gasteiger partial charge in [0.25, 0.3) is 0 Å². The molecule has 1 aromatic rings. The van der Waals surface area contributed by atoms with Gasteiger partial charge in [0, 0.05) is 45.6 Å². The van der Waals surface area contributed by atoms with Crippen molar-refractivity contribution in [1.29, 1.82) is 0 Å². The van der Waals surface area contributed by atoms with Crippen molar-refractivity contribution >= 4 is 29.9 Å². The fourth-order valence-corrected chi connectivity index (χ4v) is 3.31. The topological polar surface area (TPSA) is 85.6 Å². The Hall–Kier alpha value is -0.940. The van der Waals surface area contributed by atoms with Gasteiger partial charge >= 0.3 is 0 Å². The summed E-state index contributed by atoms with van der Waals surface area (Å²) in [5.74, 6) is 3.12. The number of rotatable bonds is 14. The first-order valence-corrected chi connectivity index (χ1v) is 11.4. The first-order valence-electron chi connectivity index (χ1n) is 11.4. The normalized spacial score (nSPS) is 14.0. The number of aliphatic imine (C=N–C) groups is 1. The van der Waals surface area contributed by atoms with Gasteiger partial charge in [-0.05, 0) is 32.6 Å². The van der Waals surface area contributed by atoms with Gasteiger partial charge in [-0.2, -0.15) is 0 Å². The zero-order chi connectivity index (χ0) is 20.6. The van der Waals surface area contributed by atoms with Crippen LogP contribution in [0, 0.1) is 0 Å². The van der Waals surface area contributed by atoms with Crippen molar-refractivity contribution in [3.05, 3.63) is 11.6 Å². The quantitative estimate of drug-likeness (QED) is 0.165. The molecule has 0 bridgehead atoms. The molecule has 0 aliphatic carbocycles. The fraction of sp³-hybridized carbons (Fsp3) is 0.857. The molecule has 0 saturated carbocycles. The van der Waals surface area contributed by atoms with Crippen LogP contribution in [0.4, 0.5) is 0 Å². The van der Waals surface area contributed by atoms with Crippen molar-refractivity contribution in [3.63, 3.8) is 0 Å². The lowest BCUT2D eigenvalue weighted by molar-refractivity contribution is 0.0487. The van der Waals surface area contributed by atoms with E-state index in [0.717, 1.165) is 76.1 Å². The molecule has 1 aliphatic rings. The molecule has 2 heterocycles. The summed E-state index contributed by atoms with van der Waals surface area (Å²) < 4.78 is 13.4. The number of hydrogen-bond donors (Lipinski definition) is 2. The van der Waals surface area contributed by atoms with E-state index in [0.29, 0.717) is 19.8 Å². The molecule has 8 nitrogen and oxygen atoms in total. The molecule has 0 aromatic carbocycles. The maximum absolute atomic E-state index is 5.59. The van der Waals surface area contributed by atoms with Gasteiger partial charge in [0.1, 0.15) is 11.6 Å². The molecule has 1 aliphatic heterocycles. The lowest BCUT2D eigenvalue weighted by Crippen LogP contribution is -2.39. The molecule has 0 radical (unpaired) electrons. The van der Waals surface area contributed by atoms with Crippen LogP contribution in [0.25, 0.3) is 0 Å². The number of ether oxygens (including phenoxy) is 2. The number of nitrogens with zero attached hydrogens (tertiary/aromatic N) is 4. The van der Waals surface area contributed by atoms with Crippen LogP contribution in [0.1, 0.15) is 64.0 Å². The van der Waals surface area contributed by atoms with Crippen molar-refractivity contribution in [2.45, 2.75) is 71.8 Å². The van der Waals surface area contributed by atoms with Gasteiger partial charge in [-0.1, -0.05) is 19.8 Å². The van der Waals surface area contributed by atoms with Gasteiger partial charge in [-0.3, -0.25) is 4.99 Å². The molecule has 0 fully saturated rings. The average molecular weight is 537 g/mol. The summed E-state index contributed by atoms with van der Waals surface area (Å²) in [7, 11) is 0. The zero-order valence-electron chi connectivity index (χ0n) is 18.8. The maximum atomic E-state index is 5.59. The zero-order valence-corrected chi connectivity index (χ0v) is 21.2. The van der Waals surface area contributed by atoms with Crippen LogP contribution in [0.2, 0.25) is 0 Å². The second kappa shape index (κ2) is 17.7. The molecule has 0 atom stereocenters. The second-order valence-corrected chi connectivity index (χ2v) is 7.36. The van der Waals surface area contributed by atoms with Crippen molar-refractivity contribution in [2.75, 3.05) is 46.1 Å². The Morgan fingerprint density at radius 3 is 2.63 bits per heavy atom. The van der Waals surface area contributed by atoms with E-state index in [2.05, 4.69) is 44.2 Å². The van der Waals surface area contributed by atoms with E-state index < -0.39 is 0 Å². The molecule has 9 heteroatoms. The van der Waals surface area contributed by atoms with E-state index >= 15 is 0 Å². The molecule has 2 rings (SSSR count). The van der Waals surface area contributed by atoms with Gasteiger partial charge < -0.3 is 24.7 Å². The highest BCUT2D eigenvalue weighted by molar-refractivity contribution is 14.0. The number of aromatic nitrogens is 3. The monoisotopic (exact) mass is 536 g/mol. The number of hydrogen-bond acceptors (Lipinski definition) is 5. The van der Waals surface area contributed by atoms with Gasteiger partial charge in [0.05, 0.1) is 19.8 Å². The van der Waals surface area contributed by atoms with Crippen LogP contribution < -0.4 is 10.6 Å². The highest BCUT2D eigenvalue weighted by Crippen LogP contribution is 2.15. The Morgan fingerprint density at radius 2 is 1.83 bits per heavy atom. The van der Waals surface area contributed by atoms with E-state index in [4.69, 9.17) is 9.47 Å². The average Bonchev–Trinajstić information content (AvgIpc) is 2.95. The van der Waals surface area contributed by atoms with Gasteiger partial charge in [0.15, 0.2) is 5.96 Å². The minimum atomic E-state index is 0. The summed E-state index contributed by atoms with van der Waals surface area (Å²) in [5, 5.41) is 15.4. The SMILES string of the molecule is CCCCOCCOCCNC(=NCCCc1nnc2n1CCCCC2)NCC.I. The molecule has 30 heavy (non-hydrogen) atoms. The minimum absolute atomic E-state index is 0. The lowest BCUT2D eigenvalue weighted by atomic mass is 10.2. The predicted molar refractivity (Wildman–Crippen MR) is 132 cm³/mol. The Labute approximate surface area is 199 Å². The van der Waals surface area contributed by atoms with E-state index in [1.165, 1.54) is 25.7 Å². The fourth-order valence-electron chi connectivity index (χ4n) is 3.31. The standard InChI is InChI=1S/C21H40N6O2.HI/c1-3-5-15-28-17-18-29-16-13-24-21(22-4-2)23-12-9-11-20-26-25-19-10-7-6-8-14-27(19)20;/h3-18H2,1-2H3,(H2,22,23,24);1H. The van der Waals surface area contributed by atoms with Crippen LogP contribution in [0.5, 0.6) is 0 Å². The Balaban J connectivity index is 0.00000450.